The molecule has 22 heavy (non-hydrogen) atoms. The summed E-state index contributed by atoms with van der Waals surface area (Å²) in [5.74, 6) is -5.69. The fraction of sp³-hybridized carbons (Fsp3) is 0.714. The van der Waals surface area contributed by atoms with E-state index in [0.29, 0.717) is 0 Å². The molecule has 0 aromatic heterocycles. The van der Waals surface area contributed by atoms with E-state index in [1.54, 1.807) is 20.8 Å². The number of carbonyl (C=O) groups excluding carboxylic acids is 4. The summed E-state index contributed by atoms with van der Waals surface area (Å²) in [6, 6.07) is 0. The van der Waals surface area contributed by atoms with Crippen LogP contribution in [0, 0.1) is 11.8 Å². The summed E-state index contributed by atoms with van der Waals surface area (Å²) < 4.78 is 14.6. The number of carbonyl (C=O) groups is 4. The topological polar surface area (TPSA) is 108 Å². The summed E-state index contributed by atoms with van der Waals surface area (Å²) in [4.78, 5) is 48.6. The minimum absolute atomic E-state index is 0.0205. The smallest absolute Gasteiger partial charge is 0.344 e. The maximum atomic E-state index is 12.3. The highest BCUT2D eigenvalue weighted by Crippen LogP contribution is 2.35. The molecule has 0 aromatic rings. The van der Waals surface area contributed by atoms with Crippen LogP contribution in [-0.2, 0) is 33.4 Å². The molecule has 1 saturated heterocycles. The van der Waals surface area contributed by atoms with Gasteiger partial charge in [0.2, 0.25) is 11.4 Å². The maximum Gasteiger partial charge on any atom is 0.344 e. The molecule has 0 saturated carbocycles. The first-order chi connectivity index (χ1) is 10.4. The molecule has 0 aromatic carbocycles. The van der Waals surface area contributed by atoms with Gasteiger partial charge in [-0.3, -0.25) is 9.59 Å². The van der Waals surface area contributed by atoms with Gasteiger partial charge in [0.1, 0.15) is 5.92 Å². The Morgan fingerprint density at radius 1 is 1.00 bits per heavy atom. The number of hydrogen-bond donors (Lipinski definition) is 1. The number of nitrogens with one attached hydrogen (secondary N) is 1. The van der Waals surface area contributed by atoms with E-state index in [1.165, 1.54) is 6.92 Å². The molecule has 1 aliphatic heterocycles. The van der Waals surface area contributed by atoms with E-state index in [4.69, 9.17) is 14.2 Å². The number of hydrogen-bond acceptors (Lipinski definition) is 7. The minimum Gasteiger partial charge on any atom is -0.465 e. The average Bonchev–Trinajstić information content (AvgIpc) is 2.72. The van der Waals surface area contributed by atoms with Crippen LogP contribution in [-0.4, -0.2) is 49.2 Å². The van der Waals surface area contributed by atoms with Gasteiger partial charge in [0.15, 0.2) is 0 Å². The zero-order valence-electron chi connectivity index (χ0n) is 13.1. The van der Waals surface area contributed by atoms with Crippen molar-refractivity contribution < 1.29 is 33.4 Å². The van der Waals surface area contributed by atoms with Gasteiger partial charge >= 0.3 is 17.9 Å². The van der Waals surface area contributed by atoms with Crippen LogP contribution < -0.4 is 5.32 Å². The lowest BCUT2D eigenvalue weighted by Gasteiger charge is -2.28. The van der Waals surface area contributed by atoms with Crippen molar-refractivity contribution in [1.29, 1.82) is 0 Å². The Bertz CT molecular complexity index is 456. The lowest BCUT2D eigenvalue weighted by molar-refractivity contribution is -0.168. The molecule has 0 bridgehead atoms. The van der Waals surface area contributed by atoms with Crippen molar-refractivity contribution in [3.63, 3.8) is 0 Å². The molecule has 0 radical (unpaired) electrons. The van der Waals surface area contributed by atoms with Gasteiger partial charge in [0.05, 0.1) is 19.8 Å². The molecular weight excluding hydrogens is 294 g/mol. The number of rotatable bonds is 6. The standard InChI is InChI=1S/C14H21NO7/c1-5-20-11(17)9-8(4)14(15-10(9)16,12(18)21-6-2)13(19)22-7-3/h8-9H,5-7H2,1-4H3,(H,15,16). The quantitative estimate of drug-likeness (QED) is 0.410. The highest BCUT2D eigenvalue weighted by molar-refractivity contribution is 6.14. The number of amides is 1. The molecule has 1 fully saturated rings. The minimum atomic E-state index is -2.03. The molecule has 1 heterocycles. The third-order valence-corrected chi connectivity index (χ3v) is 3.52. The van der Waals surface area contributed by atoms with Crippen LogP contribution in [0.15, 0.2) is 0 Å². The van der Waals surface area contributed by atoms with Crippen molar-refractivity contribution in [2.45, 2.75) is 33.2 Å². The van der Waals surface area contributed by atoms with E-state index in [9.17, 15) is 19.2 Å². The summed E-state index contributed by atoms with van der Waals surface area (Å²) >= 11 is 0. The first kappa shape index (κ1) is 17.9. The SMILES string of the molecule is CCOC(=O)C1C(=O)NC(C(=O)OCC)(C(=O)OCC)C1C. The summed E-state index contributed by atoms with van der Waals surface area (Å²) in [5, 5.41) is 2.29. The first-order valence-corrected chi connectivity index (χ1v) is 7.19. The normalized spacial score (nSPS) is 22.6. The molecule has 0 spiro atoms. The predicted octanol–water partition coefficient (Wildman–Crippen LogP) is -0.203. The van der Waals surface area contributed by atoms with E-state index in [-0.39, 0.29) is 19.8 Å². The van der Waals surface area contributed by atoms with E-state index >= 15 is 0 Å². The summed E-state index contributed by atoms with van der Waals surface area (Å²) in [6.45, 7) is 6.30. The van der Waals surface area contributed by atoms with Crippen molar-refractivity contribution in [3.8, 4) is 0 Å². The molecule has 2 unspecified atom stereocenters. The van der Waals surface area contributed by atoms with Gasteiger partial charge in [-0.15, -0.1) is 0 Å². The second kappa shape index (κ2) is 7.24. The van der Waals surface area contributed by atoms with Crippen molar-refractivity contribution >= 4 is 23.8 Å². The molecule has 1 N–H and O–H groups in total. The molecule has 124 valence electrons. The fourth-order valence-corrected chi connectivity index (χ4v) is 2.45. The zero-order valence-corrected chi connectivity index (χ0v) is 13.1. The van der Waals surface area contributed by atoms with Crippen LogP contribution in [0.4, 0.5) is 0 Å². The third kappa shape index (κ3) is 2.90. The Morgan fingerprint density at radius 2 is 1.45 bits per heavy atom. The number of esters is 3. The van der Waals surface area contributed by atoms with Crippen LogP contribution in [0.5, 0.6) is 0 Å². The second-order valence-electron chi connectivity index (χ2n) is 4.76. The average molecular weight is 315 g/mol. The van der Waals surface area contributed by atoms with E-state index in [2.05, 4.69) is 5.32 Å². The third-order valence-electron chi connectivity index (χ3n) is 3.52. The number of ether oxygens (including phenoxy) is 3. The lowest BCUT2D eigenvalue weighted by atomic mass is 9.81. The first-order valence-electron chi connectivity index (χ1n) is 7.19. The summed E-state index contributed by atoms with van der Waals surface area (Å²) in [5.41, 5.74) is -2.03. The Balaban J connectivity index is 3.23. The summed E-state index contributed by atoms with van der Waals surface area (Å²) in [7, 11) is 0. The predicted molar refractivity (Wildman–Crippen MR) is 73.4 cm³/mol. The molecule has 1 rings (SSSR count). The highest BCUT2D eigenvalue weighted by Gasteiger charge is 2.65. The van der Waals surface area contributed by atoms with Crippen LogP contribution in [0.3, 0.4) is 0 Å². The lowest BCUT2D eigenvalue weighted by Crippen LogP contribution is -2.60. The van der Waals surface area contributed by atoms with Gasteiger partial charge in [-0.1, -0.05) is 6.92 Å². The maximum absolute atomic E-state index is 12.3. The van der Waals surface area contributed by atoms with Gasteiger partial charge in [-0.2, -0.15) is 0 Å². The van der Waals surface area contributed by atoms with Gasteiger partial charge < -0.3 is 19.5 Å². The fourth-order valence-electron chi connectivity index (χ4n) is 2.45. The van der Waals surface area contributed by atoms with E-state index < -0.39 is 41.2 Å². The Kier molecular flexibility index (Phi) is 5.90. The molecule has 8 nitrogen and oxygen atoms in total. The monoisotopic (exact) mass is 315 g/mol. The van der Waals surface area contributed by atoms with Crippen LogP contribution >= 0.6 is 0 Å². The van der Waals surface area contributed by atoms with Gasteiger partial charge in [-0.25, -0.2) is 9.59 Å². The molecule has 1 aliphatic rings. The van der Waals surface area contributed by atoms with Crippen molar-refractivity contribution in [1.82, 2.24) is 5.32 Å². The summed E-state index contributed by atoms with van der Waals surface area (Å²) in [6.07, 6.45) is 0. The highest BCUT2D eigenvalue weighted by atomic mass is 16.6. The van der Waals surface area contributed by atoms with Gasteiger partial charge in [0.25, 0.3) is 0 Å². The molecule has 8 heteroatoms. The van der Waals surface area contributed by atoms with Crippen molar-refractivity contribution in [3.05, 3.63) is 0 Å². The second-order valence-corrected chi connectivity index (χ2v) is 4.76. The Morgan fingerprint density at radius 3 is 1.86 bits per heavy atom. The van der Waals surface area contributed by atoms with Gasteiger partial charge in [0, 0.05) is 5.92 Å². The van der Waals surface area contributed by atoms with E-state index in [1.807, 2.05) is 0 Å². The Labute approximate surface area is 128 Å². The van der Waals surface area contributed by atoms with Gasteiger partial charge in [-0.05, 0) is 20.8 Å². The van der Waals surface area contributed by atoms with Crippen LogP contribution in [0.25, 0.3) is 0 Å². The van der Waals surface area contributed by atoms with Crippen molar-refractivity contribution in [2.75, 3.05) is 19.8 Å². The molecule has 1 amide bonds. The van der Waals surface area contributed by atoms with E-state index in [0.717, 1.165) is 0 Å². The van der Waals surface area contributed by atoms with Crippen molar-refractivity contribution in [2.24, 2.45) is 11.8 Å². The van der Waals surface area contributed by atoms with Crippen LogP contribution in [0.1, 0.15) is 27.7 Å². The molecule has 2 atom stereocenters. The molecular formula is C14H21NO7. The zero-order chi connectivity index (χ0) is 16.9. The molecule has 0 aliphatic carbocycles. The Hall–Kier alpha value is -2.12. The largest absolute Gasteiger partial charge is 0.465 e. The van der Waals surface area contributed by atoms with Crippen LogP contribution in [0.2, 0.25) is 0 Å².